The number of hydrogen-bond acceptors (Lipinski definition) is 4. The van der Waals surface area contributed by atoms with E-state index in [-0.39, 0.29) is 17.2 Å². The molecular formula is C17H23N3O4. The number of nitro benzene ring substituents is 1. The number of likely N-dealkylation sites (tertiary alicyclic amines) is 1. The Labute approximate surface area is 141 Å². The quantitative estimate of drug-likeness (QED) is 0.676. The number of non-ortho nitro benzene ring substituents is 1. The van der Waals surface area contributed by atoms with Crippen molar-refractivity contribution in [3.63, 3.8) is 0 Å². The normalized spacial score (nSPS) is 19.2. The Kier molecular flexibility index (Phi) is 5.89. The van der Waals surface area contributed by atoms with Gasteiger partial charge in [-0.25, -0.2) is 0 Å². The standard InChI is InChI=1S/C17H23N3O4/c1-12-5-4-9-19(10-8-12)17(22)13(2)18-16(21)14-6-3-7-15(11-14)20(23)24/h3,6-7,11-13H,4-5,8-10H2,1-2H3,(H,18,21)/t12-,13+/m1/s1. The highest BCUT2D eigenvalue weighted by Crippen LogP contribution is 2.17. The minimum absolute atomic E-state index is 0.108. The first-order chi connectivity index (χ1) is 11.4. The van der Waals surface area contributed by atoms with Crippen molar-refractivity contribution < 1.29 is 14.5 Å². The molecule has 0 bridgehead atoms. The van der Waals surface area contributed by atoms with Gasteiger partial charge in [0, 0.05) is 30.8 Å². The zero-order valence-electron chi connectivity index (χ0n) is 14.0. The van der Waals surface area contributed by atoms with Gasteiger partial charge < -0.3 is 10.2 Å². The van der Waals surface area contributed by atoms with E-state index in [1.54, 1.807) is 11.8 Å². The van der Waals surface area contributed by atoms with Crippen molar-refractivity contribution in [2.45, 2.75) is 39.2 Å². The molecule has 0 saturated carbocycles. The van der Waals surface area contributed by atoms with E-state index in [0.29, 0.717) is 19.0 Å². The second-order valence-electron chi connectivity index (χ2n) is 6.36. The Hall–Kier alpha value is -2.44. The molecule has 1 aliphatic rings. The maximum absolute atomic E-state index is 12.5. The molecule has 2 amide bonds. The third-order valence-corrected chi connectivity index (χ3v) is 4.37. The second-order valence-corrected chi connectivity index (χ2v) is 6.36. The van der Waals surface area contributed by atoms with Gasteiger partial charge in [-0.2, -0.15) is 0 Å². The van der Waals surface area contributed by atoms with Crippen molar-refractivity contribution in [2.24, 2.45) is 5.92 Å². The van der Waals surface area contributed by atoms with Gasteiger partial charge in [-0.3, -0.25) is 19.7 Å². The summed E-state index contributed by atoms with van der Waals surface area (Å²) in [7, 11) is 0. The van der Waals surface area contributed by atoms with E-state index in [0.717, 1.165) is 19.3 Å². The molecule has 1 saturated heterocycles. The molecule has 0 aliphatic carbocycles. The molecule has 0 radical (unpaired) electrons. The maximum atomic E-state index is 12.5. The Balaban J connectivity index is 1.99. The van der Waals surface area contributed by atoms with Gasteiger partial charge in [0.05, 0.1) is 4.92 Å². The highest BCUT2D eigenvalue weighted by Gasteiger charge is 2.24. The molecule has 1 fully saturated rings. The van der Waals surface area contributed by atoms with Gasteiger partial charge in [0.25, 0.3) is 11.6 Å². The number of benzene rings is 1. The van der Waals surface area contributed by atoms with Gasteiger partial charge in [0.2, 0.25) is 5.91 Å². The van der Waals surface area contributed by atoms with E-state index in [9.17, 15) is 19.7 Å². The molecule has 0 spiro atoms. The number of carbonyl (C=O) groups is 2. The van der Waals surface area contributed by atoms with Gasteiger partial charge in [-0.1, -0.05) is 13.0 Å². The smallest absolute Gasteiger partial charge is 0.270 e. The zero-order chi connectivity index (χ0) is 17.7. The third-order valence-electron chi connectivity index (χ3n) is 4.37. The van der Waals surface area contributed by atoms with Crippen LogP contribution in [0, 0.1) is 16.0 Å². The summed E-state index contributed by atoms with van der Waals surface area (Å²) < 4.78 is 0. The fourth-order valence-electron chi connectivity index (χ4n) is 2.86. The first-order valence-electron chi connectivity index (χ1n) is 8.22. The first-order valence-corrected chi connectivity index (χ1v) is 8.22. The van der Waals surface area contributed by atoms with Crippen molar-refractivity contribution in [1.82, 2.24) is 10.2 Å². The number of hydrogen-bond donors (Lipinski definition) is 1. The van der Waals surface area contributed by atoms with E-state index in [2.05, 4.69) is 12.2 Å². The van der Waals surface area contributed by atoms with Crippen molar-refractivity contribution in [2.75, 3.05) is 13.1 Å². The van der Waals surface area contributed by atoms with Crippen LogP contribution in [-0.2, 0) is 4.79 Å². The highest BCUT2D eigenvalue weighted by molar-refractivity contribution is 5.97. The summed E-state index contributed by atoms with van der Waals surface area (Å²) >= 11 is 0. The molecule has 1 aromatic rings. The van der Waals surface area contributed by atoms with Crippen LogP contribution in [0.25, 0.3) is 0 Å². The van der Waals surface area contributed by atoms with Crippen molar-refractivity contribution >= 4 is 17.5 Å². The first kappa shape index (κ1) is 17.9. The average Bonchev–Trinajstić information content (AvgIpc) is 2.78. The molecule has 1 aromatic carbocycles. The fraction of sp³-hybridized carbons (Fsp3) is 0.529. The number of rotatable bonds is 4. The lowest BCUT2D eigenvalue weighted by Crippen LogP contribution is -2.47. The van der Waals surface area contributed by atoms with Crippen LogP contribution < -0.4 is 5.32 Å². The highest BCUT2D eigenvalue weighted by atomic mass is 16.6. The Morgan fingerprint density at radius 1 is 1.33 bits per heavy atom. The minimum Gasteiger partial charge on any atom is -0.341 e. The molecule has 7 heteroatoms. The van der Waals surface area contributed by atoms with Crippen LogP contribution >= 0.6 is 0 Å². The lowest BCUT2D eigenvalue weighted by atomic mass is 10.0. The lowest BCUT2D eigenvalue weighted by Gasteiger charge is -2.24. The van der Waals surface area contributed by atoms with E-state index >= 15 is 0 Å². The average molecular weight is 333 g/mol. The molecule has 2 rings (SSSR count). The number of amides is 2. The zero-order valence-corrected chi connectivity index (χ0v) is 14.0. The Morgan fingerprint density at radius 2 is 2.08 bits per heavy atom. The predicted octanol–water partition coefficient (Wildman–Crippen LogP) is 2.36. The number of nitrogens with one attached hydrogen (secondary N) is 1. The number of carbonyl (C=O) groups excluding carboxylic acids is 2. The van der Waals surface area contributed by atoms with E-state index in [1.807, 2.05) is 0 Å². The summed E-state index contributed by atoms with van der Waals surface area (Å²) in [5.41, 5.74) is 0.0245. The van der Waals surface area contributed by atoms with Crippen LogP contribution in [0.1, 0.15) is 43.5 Å². The van der Waals surface area contributed by atoms with Gasteiger partial charge in [-0.05, 0) is 38.2 Å². The summed E-state index contributed by atoms with van der Waals surface area (Å²) in [6.45, 7) is 5.24. The SMILES string of the molecule is C[C@@H]1CCCN(C(=O)[C@H](C)NC(=O)c2cccc([N+](=O)[O-])c2)CC1. The lowest BCUT2D eigenvalue weighted by molar-refractivity contribution is -0.384. The molecule has 0 unspecified atom stereocenters. The van der Waals surface area contributed by atoms with E-state index in [1.165, 1.54) is 24.3 Å². The molecule has 1 heterocycles. The minimum atomic E-state index is -0.662. The van der Waals surface area contributed by atoms with Gasteiger partial charge >= 0.3 is 0 Å². The number of nitro groups is 1. The molecule has 0 aromatic heterocycles. The van der Waals surface area contributed by atoms with Crippen LogP contribution in [0.15, 0.2) is 24.3 Å². The second kappa shape index (κ2) is 7.90. The summed E-state index contributed by atoms with van der Waals surface area (Å²) in [5, 5.41) is 13.4. The van der Waals surface area contributed by atoms with Crippen LogP contribution in [0.5, 0.6) is 0 Å². The third kappa shape index (κ3) is 4.53. The van der Waals surface area contributed by atoms with E-state index < -0.39 is 16.9 Å². The van der Waals surface area contributed by atoms with Gasteiger partial charge in [0.15, 0.2) is 0 Å². The molecule has 1 N–H and O–H groups in total. The van der Waals surface area contributed by atoms with Crippen molar-refractivity contribution in [3.8, 4) is 0 Å². The van der Waals surface area contributed by atoms with Crippen LogP contribution in [0.3, 0.4) is 0 Å². The molecule has 7 nitrogen and oxygen atoms in total. The van der Waals surface area contributed by atoms with Crippen molar-refractivity contribution in [1.29, 1.82) is 0 Å². The summed E-state index contributed by atoms with van der Waals surface area (Å²) in [5.74, 6) is 0.0168. The molecule has 24 heavy (non-hydrogen) atoms. The Morgan fingerprint density at radius 3 is 2.79 bits per heavy atom. The van der Waals surface area contributed by atoms with Crippen LogP contribution in [0.4, 0.5) is 5.69 Å². The molecular weight excluding hydrogens is 310 g/mol. The fourth-order valence-corrected chi connectivity index (χ4v) is 2.86. The van der Waals surface area contributed by atoms with Gasteiger partial charge in [-0.15, -0.1) is 0 Å². The number of nitrogens with zero attached hydrogens (tertiary/aromatic N) is 2. The van der Waals surface area contributed by atoms with Crippen LogP contribution in [-0.4, -0.2) is 40.8 Å². The van der Waals surface area contributed by atoms with Crippen LogP contribution in [0.2, 0.25) is 0 Å². The van der Waals surface area contributed by atoms with E-state index in [4.69, 9.17) is 0 Å². The summed E-state index contributed by atoms with van der Waals surface area (Å²) in [6, 6.07) is 4.82. The molecule has 2 atom stereocenters. The monoisotopic (exact) mass is 333 g/mol. The molecule has 130 valence electrons. The predicted molar refractivity (Wildman–Crippen MR) is 89.6 cm³/mol. The maximum Gasteiger partial charge on any atom is 0.270 e. The largest absolute Gasteiger partial charge is 0.341 e. The topological polar surface area (TPSA) is 92.6 Å². The Bertz CT molecular complexity index is 632. The summed E-state index contributed by atoms with van der Waals surface area (Å²) in [4.78, 5) is 36.8. The van der Waals surface area contributed by atoms with Gasteiger partial charge in [0.1, 0.15) is 6.04 Å². The molecule has 1 aliphatic heterocycles. The van der Waals surface area contributed by atoms with Crippen molar-refractivity contribution in [3.05, 3.63) is 39.9 Å². The summed E-state index contributed by atoms with van der Waals surface area (Å²) in [6.07, 6.45) is 3.05.